The quantitative estimate of drug-likeness (QED) is 0.805. The average molecular weight is 256 g/mol. The lowest BCUT2D eigenvalue weighted by Crippen LogP contribution is -2.18. The summed E-state index contributed by atoms with van der Waals surface area (Å²) in [7, 11) is 0. The van der Waals surface area contributed by atoms with Gasteiger partial charge in [0.15, 0.2) is 0 Å². The SMILES string of the molecule is CCCC(C)COC(CN)c1ccc(Cl)cc1. The molecule has 0 aliphatic heterocycles. The first-order valence-electron chi connectivity index (χ1n) is 6.24. The first kappa shape index (κ1) is 14.5. The molecule has 0 aliphatic carbocycles. The van der Waals surface area contributed by atoms with Gasteiger partial charge >= 0.3 is 0 Å². The monoisotopic (exact) mass is 255 g/mol. The van der Waals surface area contributed by atoms with Gasteiger partial charge in [0, 0.05) is 11.6 Å². The molecule has 2 N–H and O–H groups in total. The zero-order valence-corrected chi connectivity index (χ0v) is 11.4. The fourth-order valence-corrected chi connectivity index (χ4v) is 1.96. The normalized spacial score (nSPS) is 14.6. The molecule has 0 amide bonds. The third kappa shape index (κ3) is 5.07. The van der Waals surface area contributed by atoms with Crippen molar-refractivity contribution >= 4 is 11.6 Å². The molecule has 0 fully saturated rings. The molecule has 0 heterocycles. The number of hydrogen-bond donors (Lipinski definition) is 1. The van der Waals surface area contributed by atoms with Crippen LogP contribution in [0.15, 0.2) is 24.3 Å². The van der Waals surface area contributed by atoms with Crippen LogP contribution in [0.1, 0.15) is 38.4 Å². The van der Waals surface area contributed by atoms with Crippen LogP contribution in [-0.2, 0) is 4.74 Å². The molecule has 0 saturated carbocycles. The Morgan fingerprint density at radius 1 is 1.29 bits per heavy atom. The van der Waals surface area contributed by atoms with E-state index < -0.39 is 0 Å². The predicted molar refractivity (Wildman–Crippen MR) is 73.3 cm³/mol. The van der Waals surface area contributed by atoms with Crippen LogP contribution in [0.2, 0.25) is 5.02 Å². The van der Waals surface area contributed by atoms with Crippen LogP contribution >= 0.6 is 11.6 Å². The van der Waals surface area contributed by atoms with Gasteiger partial charge in [-0.25, -0.2) is 0 Å². The van der Waals surface area contributed by atoms with E-state index in [1.807, 2.05) is 24.3 Å². The minimum absolute atomic E-state index is 0.0217. The van der Waals surface area contributed by atoms with Crippen molar-refractivity contribution in [2.75, 3.05) is 13.2 Å². The maximum Gasteiger partial charge on any atom is 0.0947 e. The number of nitrogens with two attached hydrogens (primary N) is 1. The van der Waals surface area contributed by atoms with Crippen LogP contribution in [0, 0.1) is 5.92 Å². The molecule has 0 saturated heterocycles. The molecule has 96 valence electrons. The van der Waals surface area contributed by atoms with E-state index in [9.17, 15) is 0 Å². The van der Waals surface area contributed by atoms with Crippen molar-refractivity contribution in [1.82, 2.24) is 0 Å². The fourth-order valence-electron chi connectivity index (χ4n) is 1.83. The van der Waals surface area contributed by atoms with E-state index in [1.165, 1.54) is 12.8 Å². The van der Waals surface area contributed by atoms with E-state index in [0.717, 1.165) is 17.2 Å². The minimum atomic E-state index is -0.0217. The van der Waals surface area contributed by atoms with Crippen LogP contribution in [0.5, 0.6) is 0 Å². The summed E-state index contributed by atoms with van der Waals surface area (Å²) in [6.45, 7) is 5.66. The molecule has 2 unspecified atom stereocenters. The van der Waals surface area contributed by atoms with Crippen molar-refractivity contribution in [2.24, 2.45) is 11.7 Å². The number of rotatable bonds is 7. The van der Waals surface area contributed by atoms with Gasteiger partial charge in [0.1, 0.15) is 0 Å². The molecule has 2 nitrogen and oxygen atoms in total. The van der Waals surface area contributed by atoms with Crippen LogP contribution in [-0.4, -0.2) is 13.2 Å². The Morgan fingerprint density at radius 2 is 1.94 bits per heavy atom. The van der Waals surface area contributed by atoms with Crippen LogP contribution < -0.4 is 5.73 Å². The van der Waals surface area contributed by atoms with E-state index in [-0.39, 0.29) is 6.10 Å². The largest absolute Gasteiger partial charge is 0.372 e. The summed E-state index contributed by atoms with van der Waals surface area (Å²) < 4.78 is 5.86. The molecule has 0 bridgehead atoms. The number of halogens is 1. The van der Waals surface area contributed by atoms with Crippen molar-refractivity contribution in [3.05, 3.63) is 34.9 Å². The van der Waals surface area contributed by atoms with E-state index in [4.69, 9.17) is 22.1 Å². The average Bonchev–Trinajstić information content (AvgIpc) is 2.32. The second-order valence-electron chi connectivity index (χ2n) is 4.50. The zero-order chi connectivity index (χ0) is 12.7. The summed E-state index contributed by atoms with van der Waals surface area (Å²) >= 11 is 5.86. The van der Waals surface area contributed by atoms with Gasteiger partial charge in [-0.3, -0.25) is 0 Å². The Morgan fingerprint density at radius 3 is 2.47 bits per heavy atom. The molecule has 1 rings (SSSR count). The van der Waals surface area contributed by atoms with Gasteiger partial charge in [0.25, 0.3) is 0 Å². The Balaban J connectivity index is 2.51. The van der Waals surface area contributed by atoms with Crippen molar-refractivity contribution in [3.8, 4) is 0 Å². The standard InChI is InChI=1S/C14H22ClNO/c1-3-4-11(2)10-17-14(9-16)12-5-7-13(15)8-6-12/h5-8,11,14H,3-4,9-10,16H2,1-2H3. The van der Waals surface area contributed by atoms with Gasteiger partial charge < -0.3 is 10.5 Å². The van der Waals surface area contributed by atoms with Gasteiger partial charge in [-0.05, 0) is 30.0 Å². The van der Waals surface area contributed by atoms with Crippen molar-refractivity contribution in [3.63, 3.8) is 0 Å². The third-order valence-corrected chi connectivity index (χ3v) is 3.07. The smallest absolute Gasteiger partial charge is 0.0947 e. The maximum absolute atomic E-state index is 5.86. The Hall–Kier alpha value is -0.570. The summed E-state index contributed by atoms with van der Waals surface area (Å²) in [4.78, 5) is 0. The van der Waals surface area contributed by atoms with Crippen LogP contribution in [0.3, 0.4) is 0 Å². The second kappa shape index (κ2) is 7.70. The Bertz CT molecular complexity index is 313. The van der Waals surface area contributed by atoms with Crippen molar-refractivity contribution in [2.45, 2.75) is 32.8 Å². The lowest BCUT2D eigenvalue weighted by Gasteiger charge is -2.19. The number of ether oxygens (including phenoxy) is 1. The molecule has 0 aromatic heterocycles. The van der Waals surface area contributed by atoms with Gasteiger partial charge in [0.05, 0.1) is 12.7 Å². The summed E-state index contributed by atoms with van der Waals surface area (Å²) in [5.74, 6) is 0.585. The fraction of sp³-hybridized carbons (Fsp3) is 0.571. The topological polar surface area (TPSA) is 35.2 Å². The Kier molecular flexibility index (Phi) is 6.56. The lowest BCUT2D eigenvalue weighted by molar-refractivity contribution is 0.0351. The van der Waals surface area contributed by atoms with E-state index in [0.29, 0.717) is 12.5 Å². The molecule has 3 heteroatoms. The highest BCUT2D eigenvalue weighted by Crippen LogP contribution is 2.20. The first-order valence-corrected chi connectivity index (χ1v) is 6.62. The predicted octanol–water partition coefficient (Wildman–Crippen LogP) is 3.79. The van der Waals surface area contributed by atoms with Gasteiger partial charge in [0.2, 0.25) is 0 Å². The highest BCUT2D eigenvalue weighted by molar-refractivity contribution is 6.30. The van der Waals surface area contributed by atoms with Crippen molar-refractivity contribution < 1.29 is 4.74 Å². The number of benzene rings is 1. The summed E-state index contributed by atoms with van der Waals surface area (Å²) in [5, 5.41) is 0.740. The van der Waals surface area contributed by atoms with Gasteiger partial charge in [-0.15, -0.1) is 0 Å². The molecule has 17 heavy (non-hydrogen) atoms. The molecule has 1 aromatic rings. The summed E-state index contributed by atoms with van der Waals surface area (Å²) in [6.07, 6.45) is 2.36. The maximum atomic E-state index is 5.86. The molecule has 0 aliphatic rings. The van der Waals surface area contributed by atoms with Gasteiger partial charge in [-0.1, -0.05) is 44.0 Å². The van der Waals surface area contributed by atoms with Crippen LogP contribution in [0.25, 0.3) is 0 Å². The molecule has 2 atom stereocenters. The van der Waals surface area contributed by atoms with Crippen molar-refractivity contribution in [1.29, 1.82) is 0 Å². The van der Waals surface area contributed by atoms with E-state index >= 15 is 0 Å². The van der Waals surface area contributed by atoms with Gasteiger partial charge in [-0.2, -0.15) is 0 Å². The second-order valence-corrected chi connectivity index (χ2v) is 4.94. The zero-order valence-electron chi connectivity index (χ0n) is 10.7. The molecule has 1 aromatic carbocycles. The summed E-state index contributed by atoms with van der Waals surface area (Å²) in [5.41, 5.74) is 6.84. The number of hydrogen-bond acceptors (Lipinski definition) is 2. The molecular formula is C14H22ClNO. The summed E-state index contributed by atoms with van der Waals surface area (Å²) in [6, 6.07) is 7.70. The lowest BCUT2D eigenvalue weighted by atomic mass is 10.1. The van der Waals surface area contributed by atoms with E-state index in [1.54, 1.807) is 0 Å². The molecular weight excluding hydrogens is 234 g/mol. The van der Waals surface area contributed by atoms with Crippen LogP contribution in [0.4, 0.5) is 0 Å². The minimum Gasteiger partial charge on any atom is -0.372 e. The highest BCUT2D eigenvalue weighted by Gasteiger charge is 2.11. The first-order chi connectivity index (χ1) is 8.17. The molecule has 0 radical (unpaired) electrons. The Labute approximate surface area is 109 Å². The molecule has 0 spiro atoms. The van der Waals surface area contributed by atoms with E-state index in [2.05, 4.69) is 13.8 Å². The third-order valence-electron chi connectivity index (χ3n) is 2.82. The highest BCUT2D eigenvalue weighted by atomic mass is 35.5.